The highest BCUT2D eigenvalue weighted by Gasteiger charge is 2.17. The van der Waals surface area contributed by atoms with E-state index in [4.69, 9.17) is 4.74 Å². The van der Waals surface area contributed by atoms with Gasteiger partial charge in [-0.15, -0.1) is 0 Å². The molecule has 1 aliphatic heterocycles. The van der Waals surface area contributed by atoms with Gasteiger partial charge in [0.15, 0.2) is 0 Å². The second kappa shape index (κ2) is 5.31. The first-order chi connectivity index (χ1) is 9.33. The minimum absolute atomic E-state index is 0.242. The van der Waals surface area contributed by atoms with Crippen LogP contribution in [0, 0.1) is 5.82 Å². The lowest BCUT2D eigenvalue weighted by atomic mass is 10.2. The predicted molar refractivity (Wildman–Crippen MR) is 66.4 cm³/mol. The molecule has 1 fully saturated rings. The number of benzene rings is 1. The average Bonchev–Trinajstić information content (AvgIpc) is 2.90. The van der Waals surface area contributed by atoms with Gasteiger partial charge in [-0.3, -0.25) is 0 Å². The SMILES string of the molecule is Fc1ccc(Cn2nnnc2N2CCOCC2)cc1. The molecule has 2 aromatic rings. The first-order valence-electron chi connectivity index (χ1n) is 6.16. The minimum Gasteiger partial charge on any atom is -0.378 e. The fourth-order valence-electron chi connectivity index (χ4n) is 2.05. The molecule has 3 rings (SSSR count). The van der Waals surface area contributed by atoms with E-state index in [1.54, 1.807) is 16.8 Å². The van der Waals surface area contributed by atoms with Gasteiger partial charge < -0.3 is 9.64 Å². The standard InChI is InChI=1S/C12H14FN5O/c13-11-3-1-10(2-4-11)9-18-12(14-15-16-18)17-5-7-19-8-6-17/h1-4H,5-9H2. The van der Waals surface area contributed by atoms with Gasteiger partial charge in [0, 0.05) is 13.1 Å². The van der Waals surface area contributed by atoms with Gasteiger partial charge in [-0.05, 0) is 28.1 Å². The third kappa shape index (κ3) is 2.70. The molecule has 0 atom stereocenters. The normalized spacial score (nSPS) is 15.7. The van der Waals surface area contributed by atoms with Crippen molar-refractivity contribution in [3.05, 3.63) is 35.6 Å². The van der Waals surface area contributed by atoms with Crippen molar-refractivity contribution < 1.29 is 9.13 Å². The van der Waals surface area contributed by atoms with Gasteiger partial charge >= 0.3 is 0 Å². The molecule has 6 nitrogen and oxygen atoms in total. The van der Waals surface area contributed by atoms with Crippen LogP contribution in [0.5, 0.6) is 0 Å². The molecular formula is C12H14FN5O. The Balaban J connectivity index is 1.77. The van der Waals surface area contributed by atoms with Gasteiger partial charge in [0.05, 0.1) is 19.8 Å². The Kier molecular flexibility index (Phi) is 3.37. The maximum Gasteiger partial charge on any atom is 0.246 e. The van der Waals surface area contributed by atoms with Crippen LogP contribution in [0.15, 0.2) is 24.3 Å². The molecule has 0 amide bonds. The summed E-state index contributed by atoms with van der Waals surface area (Å²) in [5.41, 5.74) is 0.961. The van der Waals surface area contributed by atoms with Gasteiger partial charge in [-0.2, -0.15) is 0 Å². The van der Waals surface area contributed by atoms with Crippen molar-refractivity contribution in [3.63, 3.8) is 0 Å². The van der Waals surface area contributed by atoms with Crippen LogP contribution < -0.4 is 4.90 Å². The zero-order valence-electron chi connectivity index (χ0n) is 10.4. The Morgan fingerprint density at radius 2 is 1.89 bits per heavy atom. The molecule has 19 heavy (non-hydrogen) atoms. The first kappa shape index (κ1) is 12.0. The minimum atomic E-state index is -0.242. The lowest BCUT2D eigenvalue weighted by Crippen LogP contribution is -2.38. The molecule has 0 unspecified atom stereocenters. The van der Waals surface area contributed by atoms with Crippen molar-refractivity contribution in [2.24, 2.45) is 0 Å². The largest absolute Gasteiger partial charge is 0.378 e. The fourth-order valence-corrected chi connectivity index (χ4v) is 2.05. The molecule has 1 saturated heterocycles. The summed E-state index contributed by atoms with van der Waals surface area (Å²) in [7, 11) is 0. The molecule has 0 spiro atoms. The average molecular weight is 263 g/mol. The molecule has 0 bridgehead atoms. The van der Waals surface area contributed by atoms with E-state index < -0.39 is 0 Å². The maximum absolute atomic E-state index is 12.9. The molecular weight excluding hydrogens is 249 g/mol. The van der Waals surface area contributed by atoms with Crippen LogP contribution in [0.2, 0.25) is 0 Å². The van der Waals surface area contributed by atoms with E-state index in [0.717, 1.165) is 24.6 Å². The molecule has 7 heteroatoms. The van der Waals surface area contributed by atoms with Gasteiger partial charge in [-0.1, -0.05) is 17.2 Å². The number of hydrogen-bond donors (Lipinski definition) is 0. The number of aromatic nitrogens is 4. The number of morpholine rings is 1. The summed E-state index contributed by atoms with van der Waals surface area (Å²) in [6, 6.07) is 6.35. The topological polar surface area (TPSA) is 56.1 Å². The van der Waals surface area contributed by atoms with Crippen LogP contribution in [-0.4, -0.2) is 46.5 Å². The van der Waals surface area contributed by atoms with E-state index in [-0.39, 0.29) is 5.82 Å². The van der Waals surface area contributed by atoms with Gasteiger partial charge in [0.25, 0.3) is 0 Å². The van der Waals surface area contributed by atoms with Gasteiger partial charge in [0.2, 0.25) is 5.95 Å². The van der Waals surface area contributed by atoms with Gasteiger partial charge in [0.1, 0.15) is 5.82 Å². The highest BCUT2D eigenvalue weighted by Crippen LogP contribution is 2.13. The number of hydrogen-bond acceptors (Lipinski definition) is 5. The predicted octanol–water partition coefficient (Wildman–Crippen LogP) is 0.697. The van der Waals surface area contributed by atoms with E-state index in [0.29, 0.717) is 19.8 Å². The molecule has 2 heterocycles. The molecule has 100 valence electrons. The first-order valence-corrected chi connectivity index (χ1v) is 6.16. The zero-order chi connectivity index (χ0) is 13.1. The lowest BCUT2D eigenvalue weighted by molar-refractivity contribution is 0.121. The van der Waals surface area contributed by atoms with Crippen molar-refractivity contribution in [1.29, 1.82) is 0 Å². The summed E-state index contributed by atoms with van der Waals surface area (Å²) in [5, 5.41) is 11.8. The fraction of sp³-hybridized carbons (Fsp3) is 0.417. The highest BCUT2D eigenvalue weighted by molar-refractivity contribution is 5.29. The highest BCUT2D eigenvalue weighted by atomic mass is 19.1. The Morgan fingerprint density at radius 1 is 1.16 bits per heavy atom. The Labute approximate surface area is 109 Å². The summed E-state index contributed by atoms with van der Waals surface area (Å²) in [6.07, 6.45) is 0. The van der Waals surface area contributed by atoms with Crippen LogP contribution >= 0.6 is 0 Å². The van der Waals surface area contributed by atoms with Crippen LogP contribution in [0.1, 0.15) is 5.56 Å². The second-order valence-electron chi connectivity index (χ2n) is 4.36. The molecule has 0 radical (unpaired) electrons. The number of ether oxygens (including phenoxy) is 1. The molecule has 1 aromatic carbocycles. The molecule has 1 aromatic heterocycles. The number of halogens is 1. The molecule has 0 saturated carbocycles. The summed E-state index contributed by atoms with van der Waals surface area (Å²) >= 11 is 0. The number of tetrazole rings is 1. The maximum atomic E-state index is 12.9. The Bertz CT molecular complexity index is 535. The van der Waals surface area contributed by atoms with Crippen molar-refractivity contribution in [3.8, 4) is 0 Å². The van der Waals surface area contributed by atoms with E-state index in [9.17, 15) is 4.39 Å². The van der Waals surface area contributed by atoms with E-state index in [1.807, 2.05) is 0 Å². The van der Waals surface area contributed by atoms with Crippen molar-refractivity contribution in [2.75, 3.05) is 31.2 Å². The molecule has 0 N–H and O–H groups in total. The number of rotatable bonds is 3. The third-order valence-electron chi connectivity index (χ3n) is 3.05. The van der Waals surface area contributed by atoms with Crippen LogP contribution in [0.25, 0.3) is 0 Å². The second-order valence-corrected chi connectivity index (χ2v) is 4.36. The van der Waals surface area contributed by atoms with E-state index in [2.05, 4.69) is 20.4 Å². The quantitative estimate of drug-likeness (QED) is 0.815. The van der Waals surface area contributed by atoms with Crippen molar-refractivity contribution >= 4 is 5.95 Å². The Morgan fingerprint density at radius 3 is 2.63 bits per heavy atom. The van der Waals surface area contributed by atoms with Crippen LogP contribution in [0.3, 0.4) is 0 Å². The molecule has 0 aliphatic carbocycles. The number of nitrogens with zero attached hydrogens (tertiary/aromatic N) is 5. The monoisotopic (exact) mass is 263 g/mol. The smallest absolute Gasteiger partial charge is 0.246 e. The summed E-state index contributed by atoms with van der Waals surface area (Å²) in [4.78, 5) is 2.09. The van der Waals surface area contributed by atoms with E-state index >= 15 is 0 Å². The summed E-state index contributed by atoms with van der Waals surface area (Å²) in [6.45, 7) is 3.46. The summed E-state index contributed by atoms with van der Waals surface area (Å²) in [5.74, 6) is 0.487. The van der Waals surface area contributed by atoms with Crippen LogP contribution in [0.4, 0.5) is 10.3 Å². The van der Waals surface area contributed by atoms with Crippen molar-refractivity contribution in [1.82, 2.24) is 20.2 Å². The lowest BCUT2D eigenvalue weighted by Gasteiger charge is -2.26. The number of anilines is 1. The zero-order valence-corrected chi connectivity index (χ0v) is 10.4. The van der Waals surface area contributed by atoms with Gasteiger partial charge in [-0.25, -0.2) is 9.07 Å². The Hall–Kier alpha value is -2.02. The van der Waals surface area contributed by atoms with Crippen LogP contribution in [-0.2, 0) is 11.3 Å². The molecule has 1 aliphatic rings. The van der Waals surface area contributed by atoms with Crippen molar-refractivity contribution in [2.45, 2.75) is 6.54 Å². The van der Waals surface area contributed by atoms with E-state index in [1.165, 1.54) is 12.1 Å². The third-order valence-corrected chi connectivity index (χ3v) is 3.05. The summed E-state index contributed by atoms with van der Waals surface area (Å²) < 4.78 is 19.9.